The molecule has 2 N–H and O–H groups in total. The Balaban J connectivity index is 2.62. The first kappa shape index (κ1) is 12.4. The third kappa shape index (κ3) is 2.63. The van der Waals surface area contributed by atoms with Gasteiger partial charge >= 0.3 is 0 Å². The van der Waals surface area contributed by atoms with Crippen molar-refractivity contribution in [3.05, 3.63) is 51.8 Å². The van der Waals surface area contributed by atoms with Gasteiger partial charge in [0.05, 0.1) is 28.3 Å². The molecule has 2 rings (SSSR count). The van der Waals surface area contributed by atoms with Gasteiger partial charge in [-0.05, 0) is 18.2 Å². The maximum atomic E-state index is 13.3. The molecule has 94 valence electrons. The van der Waals surface area contributed by atoms with Gasteiger partial charge in [-0.2, -0.15) is 5.26 Å². The molecule has 0 spiro atoms. The summed E-state index contributed by atoms with van der Waals surface area (Å²) < 4.78 is 13.3. The first-order valence-electron chi connectivity index (χ1n) is 5.12. The zero-order valence-corrected chi connectivity index (χ0v) is 9.50. The maximum absolute atomic E-state index is 13.3. The van der Waals surface area contributed by atoms with Crippen LogP contribution in [-0.2, 0) is 0 Å². The number of hydrogen-bond acceptors (Lipinski definition) is 5. The molecule has 2 aromatic rings. The number of anilines is 1. The number of nitriles is 1. The van der Waals surface area contributed by atoms with Crippen LogP contribution in [0.1, 0.15) is 5.56 Å². The molecule has 0 atom stereocenters. The molecule has 19 heavy (non-hydrogen) atoms. The third-order valence-electron chi connectivity index (χ3n) is 2.36. The Labute approximate surface area is 107 Å². The minimum absolute atomic E-state index is 0.0491. The lowest BCUT2D eigenvalue weighted by molar-refractivity contribution is -0.384. The van der Waals surface area contributed by atoms with Crippen molar-refractivity contribution in [1.29, 1.82) is 5.26 Å². The number of nitrogens with zero attached hydrogens (tertiary/aromatic N) is 3. The lowest BCUT2D eigenvalue weighted by atomic mass is 10.1. The molecule has 0 unspecified atom stereocenters. The highest BCUT2D eigenvalue weighted by Gasteiger charge is 2.12. The summed E-state index contributed by atoms with van der Waals surface area (Å²) in [5.74, 6) is -0.673. The van der Waals surface area contributed by atoms with Crippen LogP contribution >= 0.6 is 0 Å². The lowest BCUT2D eigenvalue weighted by Gasteiger charge is -2.03. The van der Waals surface area contributed by atoms with Crippen molar-refractivity contribution in [2.75, 3.05) is 5.73 Å². The second kappa shape index (κ2) is 4.70. The van der Waals surface area contributed by atoms with Gasteiger partial charge in [-0.25, -0.2) is 9.37 Å². The molecule has 1 aromatic carbocycles. The normalized spacial score (nSPS) is 9.89. The molecule has 1 heterocycles. The minimum atomic E-state index is -0.624. The van der Waals surface area contributed by atoms with Gasteiger partial charge < -0.3 is 5.73 Å². The number of nitrogen functional groups attached to an aromatic ring is 1. The van der Waals surface area contributed by atoms with Crippen LogP contribution in [0.25, 0.3) is 11.3 Å². The Bertz CT molecular complexity index is 709. The molecular weight excluding hydrogens is 251 g/mol. The first-order valence-corrected chi connectivity index (χ1v) is 5.12. The monoisotopic (exact) mass is 258 g/mol. The van der Waals surface area contributed by atoms with Crippen LogP contribution in [0.4, 0.5) is 15.9 Å². The van der Waals surface area contributed by atoms with E-state index in [-0.39, 0.29) is 28.3 Å². The predicted octanol–water partition coefficient (Wildman–Crippen LogP) is 2.25. The topological polar surface area (TPSA) is 106 Å². The van der Waals surface area contributed by atoms with E-state index in [0.29, 0.717) is 0 Å². The fourth-order valence-corrected chi connectivity index (χ4v) is 1.59. The summed E-state index contributed by atoms with van der Waals surface area (Å²) in [5.41, 5.74) is 5.72. The predicted molar refractivity (Wildman–Crippen MR) is 65.4 cm³/mol. The number of rotatable bonds is 2. The molecule has 0 saturated carbocycles. The summed E-state index contributed by atoms with van der Waals surface area (Å²) in [7, 11) is 0. The van der Waals surface area contributed by atoms with Crippen LogP contribution < -0.4 is 5.73 Å². The van der Waals surface area contributed by atoms with Gasteiger partial charge in [-0.3, -0.25) is 10.1 Å². The molecule has 0 fully saturated rings. The summed E-state index contributed by atoms with van der Waals surface area (Å²) >= 11 is 0. The fourth-order valence-electron chi connectivity index (χ4n) is 1.59. The zero-order chi connectivity index (χ0) is 14.0. The lowest BCUT2D eigenvalue weighted by Crippen LogP contribution is -1.97. The minimum Gasteiger partial charge on any atom is -0.383 e. The van der Waals surface area contributed by atoms with Crippen molar-refractivity contribution in [2.45, 2.75) is 0 Å². The number of benzene rings is 1. The number of halogens is 1. The van der Waals surface area contributed by atoms with Gasteiger partial charge in [0.25, 0.3) is 5.69 Å². The van der Waals surface area contributed by atoms with Gasteiger partial charge in [0.1, 0.15) is 11.6 Å². The standard InChI is InChI=1S/C12H7FN4O2/c13-9-2-7(6-14)1-8(3-9)11-4-10(17(18)19)5-12(15)16-11/h1-5H,(H2,15,16). The van der Waals surface area contributed by atoms with Gasteiger partial charge in [-0.15, -0.1) is 0 Å². The van der Waals surface area contributed by atoms with Crippen molar-refractivity contribution >= 4 is 11.5 Å². The van der Waals surface area contributed by atoms with Crippen LogP contribution in [0.15, 0.2) is 30.3 Å². The smallest absolute Gasteiger partial charge is 0.275 e. The van der Waals surface area contributed by atoms with Crippen molar-refractivity contribution in [1.82, 2.24) is 4.98 Å². The van der Waals surface area contributed by atoms with Gasteiger partial charge in [0.15, 0.2) is 0 Å². The van der Waals surface area contributed by atoms with E-state index < -0.39 is 10.7 Å². The number of nitro groups is 1. The molecule has 0 radical (unpaired) electrons. The Hall–Kier alpha value is -3.01. The highest BCUT2D eigenvalue weighted by Crippen LogP contribution is 2.25. The second-order valence-corrected chi connectivity index (χ2v) is 3.73. The van der Waals surface area contributed by atoms with E-state index in [2.05, 4.69) is 4.98 Å². The van der Waals surface area contributed by atoms with E-state index in [4.69, 9.17) is 11.0 Å². The zero-order valence-electron chi connectivity index (χ0n) is 9.50. The van der Waals surface area contributed by atoms with Crippen LogP contribution in [0.5, 0.6) is 0 Å². The summed E-state index contributed by atoms with van der Waals surface area (Å²) in [6.07, 6.45) is 0. The van der Waals surface area contributed by atoms with Crippen LogP contribution in [-0.4, -0.2) is 9.91 Å². The van der Waals surface area contributed by atoms with Crippen molar-refractivity contribution in [3.63, 3.8) is 0 Å². The molecule has 0 aliphatic carbocycles. The van der Waals surface area contributed by atoms with Gasteiger partial charge in [0.2, 0.25) is 0 Å². The summed E-state index contributed by atoms with van der Waals surface area (Å²) in [4.78, 5) is 14.0. The van der Waals surface area contributed by atoms with Gasteiger partial charge in [-0.1, -0.05) is 0 Å². The first-order chi connectivity index (χ1) is 8.99. The number of nitrogens with two attached hydrogens (primary N) is 1. The van der Waals surface area contributed by atoms with E-state index in [9.17, 15) is 14.5 Å². The average Bonchev–Trinajstić information content (AvgIpc) is 2.37. The van der Waals surface area contributed by atoms with E-state index in [1.165, 1.54) is 12.1 Å². The van der Waals surface area contributed by atoms with Crippen LogP contribution in [0.2, 0.25) is 0 Å². The summed E-state index contributed by atoms with van der Waals surface area (Å²) in [6, 6.07) is 7.65. The van der Waals surface area contributed by atoms with Crippen molar-refractivity contribution < 1.29 is 9.31 Å². The highest BCUT2D eigenvalue weighted by atomic mass is 19.1. The average molecular weight is 258 g/mol. The Kier molecular flexibility index (Phi) is 3.08. The number of hydrogen-bond donors (Lipinski definition) is 1. The number of pyridine rings is 1. The molecule has 0 bridgehead atoms. The highest BCUT2D eigenvalue weighted by molar-refractivity contribution is 5.66. The van der Waals surface area contributed by atoms with E-state index >= 15 is 0 Å². The molecule has 0 aliphatic rings. The van der Waals surface area contributed by atoms with Gasteiger partial charge in [0, 0.05) is 11.6 Å². The quantitative estimate of drug-likeness (QED) is 0.656. The Morgan fingerprint density at radius 3 is 2.68 bits per heavy atom. The van der Waals surface area contributed by atoms with Crippen LogP contribution in [0, 0.1) is 27.3 Å². The Morgan fingerprint density at radius 2 is 2.05 bits per heavy atom. The van der Waals surface area contributed by atoms with E-state index in [1.54, 1.807) is 6.07 Å². The second-order valence-electron chi connectivity index (χ2n) is 3.73. The van der Waals surface area contributed by atoms with E-state index in [0.717, 1.165) is 18.2 Å². The third-order valence-corrected chi connectivity index (χ3v) is 2.36. The maximum Gasteiger partial charge on any atom is 0.275 e. The SMILES string of the molecule is N#Cc1cc(F)cc(-c2cc([N+](=O)[O-])cc(N)n2)c1. The molecular formula is C12H7FN4O2. The summed E-state index contributed by atoms with van der Waals surface area (Å²) in [6.45, 7) is 0. The van der Waals surface area contributed by atoms with Crippen molar-refractivity contribution in [3.8, 4) is 17.3 Å². The Morgan fingerprint density at radius 1 is 1.32 bits per heavy atom. The largest absolute Gasteiger partial charge is 0.383 e. The molecule has 0 amide bonds. The molecule has 0 saturated heterocycles. The molecule has 6 nitrogen and oxygen atoms in total. The molecule has 7 heteroatoms. The molecule has 0 aliphatic heterocycles. The fraction of sp³-hybridized carbons (Fsp3) is 0. The van der Waals surface area contributed by atoms with E-state index in [1.807, 2.05) is 0 Å². The molecule has 1 aromatic heterocycles. The summed E-state index contributed by atoms with van der Waals surface area (Å²) in [5, 5.41) is 19.5. The van der Waals surface area contributed by atoms with Crippen LogP contribution in [0.3, 0.4) is 0 Å². The van der Waals surface area contributed by atoms with Crippen molar-refractivity contribution in [2.24, 2.45) is 0 Å². The number of aromatic nitrogens is 1.